The SMILES string of the molecule is Cc1ccc(CNC(=O)CCNc2cccc(C)c2)cc1. The van der Waals surface area contributed by atoms with Gasteiger partial charge in [-0.2, -0.15) is 0 Å². The van der Waals surface area contributed by atoms with E-state index in [1.807, 2.05) is 24.3 Å². The molecule has 0 heterocycles. The van der Waals surface area contributed by atoms with Gasteiger partial charge in [0.2, 0.25) is 5.91 Å². The van der Waals surface area contributed by atoms with Crippen molar-refractivity contribution >= 4 is 11.6 Å². The number of anilines is 1. The molecule has 0 aliphatic heterocycles. The summed E-state index contributed by atoms with van der Waals surface area (Å²) in [6.45, 7) is 5.34. The Hall–Kier alpha value is -2.29. The van der Waals surface area contributed by atoms with Gasteiger partial charge in [-0.15, -0.1) is 0 Å². The van der Waals surface area contributed by atoms with Crippen LogP contribution in [0.15, 0.2) is 48.5 Å². The Morgan fingerprint density at radius 3 is 2.48 bits per heavy atom. The minimum atomic E-state index is 0.0655. The molecule has 0 aromatic heterocycles. The molecular formula is C18H22N2O. The molecule has 0 bridgehead atoms. The summed E-state index contributed by atoms with van der Waals surface area (Å²) in [6.07, 6.45) is 0.472. The predicted octanol–water partition coefficient (Wildman–Crippen LogP) is 3.42. The number of hydrogen-bond acceptors (Lipinski definition) is 2. The first-order chi connectivity index (χ1) is 10.1. The van der Waals surface area contributed by atoms with E-state index in [9.17, 15) is 4.79 Å². The second kappa shape index (κ2) is 7.48. The second-order valence-corrected chi connectivity index (χ2v) is 5.31. The van der Waals surface area contributed by atoms with Crippen molar-refractivity contribution in [1.29, 1.82) is 0 Å². The highest BCUT2D eigenvalue weighted by atomic mass is 16.1. The van der Waals surface area contributed by atoms with Crippen LogP contribution >= 0.6 is 0 Å². The summed E-state index contributed by atoms with van der Waals surface area (Å²) in [5.74, 6) is 0.0655. The fourth-order valence-electron chi connectivity index (χ4n) is 2.07. The molecule has 0 aliphatic carbocycles. The van der Waals surface area contributed by atoms with Gasteiger partial charge in [0.05, 0.1) is 0 Å². The number of amides is 1. The zero-order chi connectivity index (χ0) is 15.1. The summed E-state index contributed by atoms with van der Waals surface area (Å²) in [4.78, 5) is 11.8. The molecular weight excluding hydrogens is 260 g/mol. The maximum Gasteiger partial charge on any atom is 0.222 e. The summed E-state index contributed by atoms with van der Waals surface area (Å²) in [7, 11) is 0. The minimum absolute atomic E-state index is 0.0655. The van der Waals surface area contributed by atoms with Crippen LogP contribution in [-0.2, 0) is 11.3 Å². The Balaban J connectivity index is 1.69. The fraction of sp³-hybridized carbons (Fsp3) is 0.278. The third-order valence-electron chi connectivity index (χ3n) is 3.31. The first-order valence-electron chi connectivity index (χ1n) is 7.26. The van der Waals surface area contributed by atoms with Gasteiger partial charge < -0.3 is 10.6 Å². The van der Waals surface area contributed by atoms with E-state index in [0.717, 1.165) is 11.3 Å². The van der Waals surface area contributed by atoms with Crippen molar-refractivity contribution in [2.45, 2.75) is 26.8 Å². The number of nitrogens with one attached hydrogen (secondary N) is 2. The maximum absolute atomic E-state index is 11.8. The van der Waals surface area contributed by atoms with Crippen LogP contribution in [0.4, 0.5) is 5.69 Å². The van der Waals surface area contributed by atoms with Crippen molar-refractivity contribution in [3.63, 3.8) is 0 Å². The van der Waals surface area contributed by atoms with Crippen LogP contribution < -0.4 is 10.6 Å². The average Bonchev–Trinajstić information content (AvgIpc) is 2.47. The smallest absolute Gasteiger partial charge is 0.222 e. The van der Waals surface area contributed by atoms with Gasteiger partial charge in [0.15, 0.2) is 0 Å². The Bertz CT molecular complexity index is 590. The highest BCUT2D eigenvalue weighted by molar-refractivity contribution is 5.76. The molecule has 1 amide bonds. The Kier molecular flexibility index (Phi) is 5.38. The van der Waals surface area contributed by atoms with E-state index in [0.29, 0.717) is 19.5 Å². The van der Waals surface area contributed by atoms with Gasteiger partial charge in [0, 0.05) is 25.2 Å². The van der Waals surface area contributed by atoms with Crippen LogP contribution in [0.1, 0.15) is 23.1 Å². The van der Waals surface area contributed by atoms with E-state index < -0.39 is 0 Å². The molecule has 0 saturated carbocycles. The molecule has 0 fully saturated rings. The molecule has 2 rings (SSSR count). The van der Waals surface area contributed by atoms with E-state index >= 15 is 0 Å². The molecule has 3 heteroatoms. The standard InChI is InChI=1S/C18H22N2O/c1-14-6-8-16(9-7-14)13-20-18(21)10-11-19-17-5-3-4-15(2)12-17/h3-9,12,19H,10-11,13H2,1-2H3,(H,20,21). The molecule has 2 aromatic rings. The quantitative estimate of drug-likeness (QED) is 0.852. The summed E-state index contributed by atoms with van der Waals surface area (Å²) in [5.41, 5.74) is 4.62. The van der Waals surface area contributed by atoms with Gasteiger partial charge in [0.25, 0.3) is 0 Å². The molecule has 0 spiro atoms. The molecule has 21 heavy (non-hydrogen) atoms. The van der Waals surface area contributed by atoms with E-state index in [1.54, 1.807) is 0 Å². The molecule has 2 aromatic carbocycles. The normalized spacial score (nSPS) is 10.2. The molecule has 0 saturated heterocycles. The number of aryl methyl sites for hydroxylation is 2. The highest BCUT2D eigenvalue weighted by Gasteiger charge is 2.01. The van der Waals surface area contributed by atoms with E-state index in [1.165, 1.54) is 11.1 Å². The summed E-state index contributed by atoms with van der Waals surface area (Å²) in [6, 6.07) is 16.3. The lowest BCUT2D eigenvalue weighted by atomic mass is 10.1. The number of benzene rings is 2. The van der Waals surface area contributed by atoms with Crippen LogP contribution in [-0.4, -0.2) is 12.5 Å². The van der Waals surface area contributed by atoms with Gasteiger partial charge in [-0.1, -0.05) is 42.0 Å². The number of hydrogen-bond donors (Lipinski definition) is 2. The van der Waals surface area contributed by atoms with E-state index in [2.05, 4.69) is 48.7 Å². The van der Waals surface area contributed by atoms with Crippen LogP contribution in [0.3, 0.4) is 0 Å². The van der Waals surface area contributed by atoms with Crippen molar-refractivity contribution in [2.24, 2.45) is 0 Å². The number of rotatable bonds is 6. The van der Waals surface area contributed by atoms with Crippen LogP contribution in [0.25, 0.3) is 0 Å². The summed E-state index contributed by atoms with van der Waals surface area (Å²) >= 11 is 0. The molecule has 110 valence electrons. The lowest BCUT2D eigenvalue weighted by Crippen LogP contribution is -2.24. The van der Waals surface area contributed by atoms with Crippen molar-refractivity contribution in [3.8, 4) is 0 Å². The Morgan fingerprint density at radius 2 is 1.76 bits per heavy atom. The second-order valence-electron chi connectivity index (χ2n) is 5.31. The summed E-state index contributed by atoms with van der Waals surface area (Å²) in [5, 5.41) is 6.20. The van der Waals surface area contributed by atoms with Crippen LogP contribution in [0.5, 0.6) is 0 Å². The number of carbonyl (C=O) groups is 1. The van der Waals surface area contributed by atoms with Gasteiger partial charge in [-0.05, 0) is 37.1 Å². The molecule has 0 atom stereocenters. The zero-order valence-electron chi connectivity index (χ0n) is 12.6. The Morgan fingerprint density at radius 1 is 1.00 bits per heavy atom. The average molecular weight is 282 g/mol. The maximum atomic E-state index is 11.8. The van der Waals surface area contributed by atoms with Crippen molar-refractivity contribution in [1.82, 2.24) is 5.32 Å². The first-order valence-corrected chi connectivity index (χ1v) is 7.26. The third kappa shape index (κ3) is 5.30. The van der Waals surface area contributed by atoms with Gasteiger partial charge >= 0.3 is 0 Å². The largest absolute Gasteiger partial charge is 0.385 e. The van der Waals surface area contributed by atoms with E-state index in [4.69, 9.17) is 0 Å². The monoisotopic (exact) mass is 282 g/mol. The lowest BCUT2D eigenvalue weighted by Gasteiger charge is -2.08. The number of carbonyl (C=O) groups excluding carboxylic acids is 1. The van der Waals surface area contributed by atoms with E-state index in [-0.39, 0.29) is 5.91 Å². The van der Waals surface area contributed by atoms with Crippen molar-refractivity contribution in [2.75, 3.05) is 11.9 Å². The molecule has 0 radical (unpaired) electrons. The van der Waals surface area contributed by atoms with Crippen LogP contribution in [0, 0.1) is 13.8 Å². The van der Waals surface area contributed by atoms with Gasteiger partial charge in [0.1, 0.15) is 0 Å². The first kappa shape index (κ1) is 15.1. The molecule has 2 N–H and O–H groups in total. The van der Waals surface area contributed by atoms with Crippen LogP contribution in [0.2, 0.25) is 0 Å². The van der Waals surface area contributed by atoms with Crippen molar-refractivity contribution in [3.05, 3.63) is 65.2 Å². The minimum Gasteiger partial charge on any atom is -0.385 e. The fourth-order valence-corrected chi connectivity index (χ4v) is 2.07. The third-order valence-corrected chi connectivity index (χ3v) is 3.31. The summed E-state index contributed by atoms with van der Waals surface area (Å²) < 4.78 is 0. The molecule has 0 aliphatic rings. The molecule has 0 unspecified atom stereocenters. The Labute approximate surface area is 126 Å². The van der Waals surface area contributed by atoms with Gasteiger partial charge in [-0.3, -0.25) is 4.79 Å². The zero-order valence-corrected chi connectivity index (χ0v) is 12.6. The predicted molar refractivity (Wildman–Crippen MR) is 87.3 cm³/mol. The highest BCUT2D eigenvalue weighted by Crippen LogP contribution is 2.09. The van der Waals surface area contributed by atoms with Crippen molar-refractivity contribution < 1.29 is 4.79 Å². The molecule has 3 nitrogen and oxygen atoms in total. The van der Waals surface area contributed by atoms with Gasteiger partial charge in [-0.25, -0.2) is 0 Å². The topological polar surface area (TPSA) is 41.1 Å². The lowest BCUT2D eigenvalue weighted by molar-refractivity contribution is -0.121.